The molecule has 212 valence electrons. The van der Waals surface area contributed by atoms with Crippen molar-refractivity contribution in [2.75, 3.05) is 0 Å². The van der Waals surface area contributed by atoms with Gasteiger partial charge in [-0.05, 0) is 75.5 Å². The summed E-state index contributed by atoms with van der Waals surface area (Å²) in [4.78, 5) is 10.6. The molecule has 3 heterocycles. The van der Waals surface area contributed by atoms with Gasteiger partial charge in [-0.3, -0.25) is 4.57 Å². The second kappa shape index (κ2) is 8.68. The van der Waals surface area contributed by atoms with E-state index in [1.807, 2.05) is 36.4 Å². The van der Waals surface area contributed by atoms with Crippen LogP contribution in [0.1, 0.15) is 0 Å². The Bertz CT molecular complexity index is 2910. The molecule has 0 unspecified atom stereocenters. The Hall–Kier alpha value is -6.26. The van der Waals surface area contributed by atoms with Gasteiger partial charge in [0.2, 0.25) is 0 Å². The maximum absolute atomic E-state index is 6.44. The number of nitrogens with zero attached hydrogens (tertiary/aromatic N) is 3. The molecule has 0 radical (unpaired) electrons. The predicted molar refractivity (Wildman–Crippen MR) is 189 cm³/mol. The Labute approximate surface area is 262 Å². The van der Waals surface area contributed by atoms with E-state index in [1.54, 1.807) is 0 Å². The Balaban J connectivity index is 1.34. The molecule has 0 amide bonds. The summed E-state index contributed by atoms with van der Waals surface area (Å²) in [6, 6.07) is 49.3. The first kappa shape index (κ1) is 24.1. The lowest BCUT2D eigenvalue weighted by atomic mass is 9.92. The first-order valence-electron chi connectivity index (χ1n) is 15.6. The van der Waals surface area contributed by atoms with Gasteiger partial charge in [-0.25, -0.2) is 9.97 Å². The van der Waals surface area contributed by atoms with Crippen LogP contribution >= 0.6 is 0 Å². The molecule has 1 aliphatic rings. The zero-order valence-corrected chi connectivity index (χ0v) is 24.5. The van der Waals surface area contributed by atoms with Crippen molar-refractivity contribution >= 4 is 65.6 Å². The minimum Gasteiger partial charge on any atom is -0.456 e. The number of fused-ring (bicyclic) bond motifs is 7. The molecule has 11 rings (SSSR count). The van der Waals surface area contributed by atoms with Gasteiger partial charge in [-0.15, -0.1) is 0 Å². The number of para-hydroxylation sites is 3. The van der Waals surface area contributed by atoms with Crippen molar-refractivity contribution in [1.29, 1.82) is 0 Å². The van der Waals surface area contributed by atoms with Gasteiger partial charge >= 0.3 is 0 Å². The smallest absolute Gasteiger partial charge is 0.165 e. The summed E-state index contributed by atoms with van der Waals surface area (Å²) >= 11 is 0. The molecule has 0 saturated heterocycles. The predicted octanol–water partition coefficient (Wildman–Crippen LogP) is 11.1. The van der Waals surface area contributed by atoms with Crippen LogP contribution in [0.4, 0.5) is 0 Å². The van der Waals surface area contributed by atoms with Gasteiger partial charge in [0.05, 0.1) is 22.1 Å². The van der Waals surface area contributed by atoms with E-state index < -0.39 is 0 Å². The fourth-order valence-electron chi connectivity index (χ4n) is 7.76. The lowest BCUT2D eigenvalue weighted by Gasteiger charge is -2.16. The summed E-state index contributed by atoms with van der Waals surface area (Å²) in [7, 11) is 0. The summed E-state index contributed by atoms with van der Waals surface area (Å²) in [6.45, 7) is 0. The van der Waals surface area contributed by atoms with E-state index in [-0.39, 0.29) is 0 Å². The topological polar surface area (TPSA) is 43.9 Å². The molecule has 0 fully saturated rings. The van der Waals surface area contributed by atoms with Crippen LogP contribution in [-0.2, 0) is 0 Å². The van der Waals surface area contributed by atoms with Gasteiger partial charge in [0.15, 0.2) is 5.82 Å². The zero-order chi connectivity index (χ0) is 29.9. The fraction of sp³-hybridized carbons (Fsp3) is 0. The first-order chi connectivity index (χ1) is 22.8. The molecule has 0 N–H and O–H groups in total. The van der Waals surface area contributed by atoms with E-state index in [0.717, 1.165) is 61.1 Å². The number of furan rings is 1. The third-order valence-corrected chi connectivity index (χ3v) is 9.71. The van der Waals surface area contributed by atoms with Gasteiger partial charge in [0.1, 0.15) is 16.9 Å². The molecule has 0 saturated carbocycles. The normalized spacial score (nSPS) is 12.3. The lowest BCUT2D eigenvalue weighted by molar-refractivity contribution is 0.669. The van der Waals surface area contributed by atoms with Crippen molar-refractivity contribution in [3.63, 3.8) is 0 Å². The Kier molecular flexibility index (Phi) is 4.55. The van der Waals surface area contributed by atoms with Crippen molar-refractivity contribution in [3.8, 4) is 39.3 Å². The zero-order valence-electron chi connectivity index (χ0n) is 24.5. The summed E-state index contributed by atoms with van der Waals surface area (Å²) in [5.41, 5.74) is 12.5. The van der Waals surface area contributed by atoms with Crippen LogP contribution in [0.3, 0.4) is 0 Å². The molecule has 0 atom stereocenters. The van der Waals surface area contributed by atoms with Crippen LogP contribution in [0.2, 0.25) is 0 Å². The molecule has 0 spiro atoms. The molecule has 46 heavy (non-hydrogen) atoms. The van der Waals surface area contributed by atoms with Crippen LogP contribution in [0.5, 0.6) is 0 Å². The van der Waals surface area contributed by atoms with Gasteiger partial charge < -0.3 is 4.42 Å². The molecule has 10 aromatic rings. The van der Waals surface area contributed by atoms with E-state index >= 15 is 0 Å². The highest BCUT2D eigenvalue weighted by atomic mass is 16.3. The summed E-state index contributed by atoms with van der Waals surface area (Å²) < 4.78 is 8.77. The van der Waals surface area contributed by atoms with Crippen LogP contribution in [0.15, 0.2) is 144 Å². The largest absolute Gasteiger partial charge is 0.456 e. The summed E-state index contributed by atoms with van der Waals surface area (Å²) in [5, 5.41) is 7.22. The average molecular weight is 586 g/mol. The van der Waals surface area contributed by atoms with Crippen LogP contribution in [-0.4, -0.2) is 14.5 Å². The van der Waals surface area contributed by atoms with Gasteiger partial charge in [0, 0.05) is 27.1 Å². The molecule has 0 bridgehead atoms. The number of benzene rings is 7. The third-order valence-electron chi connectivity index (χ3n) is 9.71. The minimum atomic E-state index is 0.826. The number of aromatic nitrogens is 3. The monoisotopic (exact) mass is 585 g/mol. The highest BCUT2D eigenvalue weighted by Gasteiger charge is 2.27. The van der Waals surface area contributed by atoms with Crippen LogP contribution < -0.4 is 0 Å². The van der Waals surface area contributed by atoms with Crippen LogP contribution in [0.25, 0.3) is 105 Å². The Morgan fingerprint density at radius 1 is 0.457 bits per heavy atom. The van der Waals surface area contributed by atoms with Crippen LogP contribution in [0, 0.1) is 0 Å². The van der Waals surface area contributed by atoms with Crippen molar-refractivity contribution in [1.82, 2.24) is 14.5 Å². The second-order valence-corrected chi connectivity index (χ2v) is 12.1. The first-order valence-corrected chi connectivity index (χ1v) is 15.6. The fourth-order valence-corrected chi connectivity index (χ4v) is 7.76. The van der Waals surface area contributed by atoms with E-state index in [0.29, 0.717) is 0 Å². The molecular weight excluding hydrogens is 562 g/mol. The quantitative estimate of drug-likeness (QED) is 0.203. The third kappa shape index (κ3) is 3.07. The number of rotatable bonds is 2. The van der Waals surface area contributed by atoms with E-state index in [4.69, 9.17) is 14.4 Å². The molecule has 7 aromatic carbocycles. The van der Waals surface area contributed by atoms with Gasteiger partial charge in [-0.2, -0.15) is 0 Å². The molecule has 4 nitrogen and oxygen atoms in total. The average Bonchev–Trinajstić information content (AvgIpc) is 3.62. The van der Waals surface area contributed by atoms with E-state index in [2.05, 4.69) is 108 Å². The maximum Gasteiger partial charge on any atom is 0.165 e. The number of hydrogen-bond acceptors (Lipinski definition) is 3. The number of hydrogen-bond donors (Lipinski definition) is 0. The highest BCUT2D eigenvalue weighted by molar-refractivity contribution is 6.31. The lowest BCUT2D eigenvalue weighted by Crippen LogP contribution is -2.03. The maximum atomic E-state index is 6.44. The molecule has 4 heteroatoms. The highest BCUT2D eigenvalue weighted by Crippen LogP contribution is 2.51. The van der Waals surface area contributed by atoms with Crippen molar-refractivity contribution in [2.24, 2.45) is 0 Å². The summed E-state index contributed by atoms with van der Waals surface area (Å²) in [5.74, 6) is 0.826. The SMILES string of the molecule is c1ccc(-c2nc3ccccc3nc2-n2c3cccc4c3c3c5c(cccc5ccc32)-c2cc3c(cc2-4)oc2ccccc23)cc1. The van der Waals surface area contributed by atoms with E-state index in [9.17, 15) is 0 Å². The van der Waals surface area contributed by atoms with Gasteiger partial charge in [0.25, 0.3) is 0 Å². The minimum absolute atomic E-state index is 0.826. The summed E-state index contributed by atoms with van der Waals surface area (Å²) in [6.07, 6.45) is 0. The van der Waals surface area contributed by atoms with Gasteiger partial charge in [-0.1, -0.05) is 97.1 Å². The molecule has 0 aliphatic heterocycles. The molecule has 1 aliphatic carbocycles. The Morgan fingerprint density at radius 3 is 2.07 bits per heavy atom. The van der Waals surface area contributed by atoms with Crippen molar-refractivity contribution in [3.05, 3.63) is 140 Å². The molecule has 3 aromatic heterocycles. The second-order valence-electron chi connectivity index (χ2n) is 12.1. The van der Waals surface area contributed by atoms with Crippen molar-refractivity contribution < 1.29 is 4.42 Å². The standard InChI is InChI=1S/C42H23N3O/c1-2-10-25(11-3-1)41-42(44-33-17-6-5-16-32(33)43-41)45-34-18-9-15-28-30-23-37-31(26-13-4-7-19-36(26)46-37)22-29(30)27-14-8-12-24-20-21-35(45)40(38(24)27)39(28)34/h1-23H. The Morgan fingerprint density at radius 2 is 1.17 bits per heavy atom. The van der Waals surface area contributed by atoms with E-state index in [1.165, 1.54) is 43.8 Å². The van der Waals surface area contributed by atoms with Crippen molar-refractivity contribution in [2.45, 2.75) is 0 Å². The molecular formula is C42H23N3O.